The number of nitrogens with one attached hydrogen (secondary N) is 3. The lowest BCUT2D eigenvalue weighted by Crippen LogP contribution is -2.28. The number of nitrogens with zero attached hydrogens (tertiary/aromatic N) is 11. The van der Waals surface area contributed by atoms with Crippen LogP contribution in [0.1, 0.15) is 45.6 Å². The van der Waals surface area contributed by atoms with E-state index < -0.39 is 5.97 Å². The third kappa shape index (κ3) is 12.7. The molecule has 75 heavy (non-hydrogen) atoms. The van der Waals surface area contributed by atoms with Crippen LogP contribution in [0.5, 0.6) is 0 Å². The minimum absolute atomic E-state index is 0.0952. The Morgan fingerprint density at radius 2 is 1.17 bits per heavy atom. The van der Waals surface area contributed by atoms with Crippen molar-refractivity contribution in [1.82, 2.24) is 59.7 Å². The van der Waals surface area contributed by atoms with Gasteiger partial charge >= 0.3 is 5.97 Å². The first-order valence-corrected chi connectivity index (χ1v) is 23.3. The first kappa shape index (κ1) is 51.7. The number of carbonyl (C=O) groups excluding carboxylic acids is 3. The second-order valence-electron chi connectivity index (χ2n) is 16.6. The summed E-state index contributed by atoms with van der Waals surface area (Å²) in [6.45, 7) is 3.17. The van der Waals surface area contributed by atoms with Crippen molar-refractivity contribution < 1.29 is 33.8 Å². The van der Waals surface area contributed by atoms with Gasteiger partial charge in [-0.2, -0.15) is 10.2 Å². The Hall–Kier alpha value is -9.68. The van der Waals surface area contributed by atoms with Crippen LogP contribution < -0.4 is 27.4 Å². The Labute approximate surface area is 429 Å². The number of hydrogen-bond donors (Lipinski definition) is 6. The van der Waals surface area contributed by atoms with Gasteiger partial charge < -0.3 is 46.9 Å². The Bertz CT molecular complexity index is 3430. The molecule has 0 aliphatic carbocycles. The van der Waals surface area contributed by atoms with E-state index in [1.54, 1.807) is 76.6 Å². The van der Waals surface area contributed by atoms with Crippen molar-refractivity contribution in [3.05, 3.63) is 121 Å². The van der Waals surface area contributed by atoms with Crippen molar-refractivity contribution in [2.75, 3.05) is 75.7 Å². The summed E-state index contributed by atoms with van der Waals surface area (Å²) >= 11 is 0. The Morgan fingerprint density at radius 1 is 0.667 bits per heavy atom. The summed E-state index contributed by atoms with van der Waals surface area (Å²) in [6.07, 6.45) is 7.79. The van der Waals surface area contributed by atoms with Crippen LogP contribution in [-0.2, 0) is 19.1 Å². The minimum atomic E-state index is -1.12. The van der Waals surface area contributed by atoms with Crippen LogP contribution in [0.15, 0.2) is 110 Å². The molecule has 0 radical (unpaired) electrons. The van der Waals surface area contributed by atoms with Gasteiger partial charge in [0.1, 0.15) is 60.5 Å². The molecule has 23 nitrogen and oxygen atoms in total. The fourth-order valence-electron chi connectivity index (χ4n) is 8.13. The predicted molar refractivity (Wildman–Crippen MR) is 278 cm³/mol. The molecule has 380 valence electrons. The molecule has 3 amide bonds. The number of benzene rings is 2. The fourth-order valence-corrected chi connectivity index (χ4v) is 8.13. The summed E-state index contributed by atoms with van der Waals surface area (Å²) in [5.74, 6) is 9.27. The fraction of sp³-hybridized carbons (Fsp3) is 0.231. The maximum Gasteiger partial charge on any atom is 0.381 e. The Morgan fingerprint density at radius 3 is 1.63 bits per heavy atom. The first-order valence-electron chi connectivity index (χ1n) is 23.3. The SMILES string of the molecule is COCC#CC(=O)N1CC[C@@H](n2nc(-c3ccc(C(=O)Nc4ccccn4)cc3)c3c(N)ncnc32)C1.COCC#CC(=O)O.Nc1ncnc2c1c(-c1ccc(C(=O)Nc3ccccn3)cc1)nn2[C@@H]1CCNC1. The molecule has 2 saturated heterocycles. The lowest BCUT2D eigenvalue weighted by atomic mass is 10.1. The first-order chi connectivity index (χ1) is 36.5. The number of rotatable bonds is 10. The van der Waals surface area contributed by atoms with E-state index in [0.717, 1.165) is 41.7 Å². The highest BCUT2D eigenvalue weighted by molar-refractivity contribution is 6.06. The molecule has 0 saturated carbocycles. The average Bonchev–Trinajstić information content (AvgIpc) is 4.29. The van der Waals surface area contributed by atoms with Gasteiger partial charge in [0.2, 0.25) is 0 Å². The van der Waals surface area contributed by atoms with Crippen molar-refractivity contribution in [3.8, 4) is 46.2 Å². The second-order valence-corrected chi connectivity index (χ2v) is 16.6. The third-order valence-electron chi connectivity index (χ3n) is 11.7. The zero-order valence-corrected chi connectivity index (χ0v) is 40.7. The van der Waals surface area contributed by atoms with Gasteiger partial charge in [0.25, 0.3) is 17.7 Å². The van der Waals surface area contributed by atoms with E-state index in [-0.39, 0.29) is 43.0 Å². The number of ether oxygens (including phenoxy) is 2. The number of anilines is 4. The molecule has 2 atom stereocenters. The highest BCUT2D eigenvalue weighted by Crippen LogP contribution is 2.35. The van der Waals surface area contributed by atoms with E-state index in [2.05, 4.69) is 68.4 Å². The maximum atomic E-state index is 12.6. The number of carbonyl (C=O) groups is 4. The number of carboxylic acids is 1. The average molecular weight is 1010 g/mol. The molecule has 2 aromatic carbocycles. The van der Waals surface area contributed by atoms with Crippen LogP contribution in [0.4, 0.5) is 23.3 Å². The summed E-state index contributed by atoms with van der Waals surface area (Å²) in [7, 11) is 2.99. The largest absolute Gasteiger partial charge is 0.472 e. The number of aliphatic carboxylic acids is 1. The normalized spacial score (nSPS) is 14.5. The quantitative estimate of drug-likeness (QED) is 0.105. The number of pyridine rings is 2. The minimum Gasteiger partial charge on any atom is -0.472 e. The van der Waals surface area contributed by atoms with Gasteiger partial charge in [0, 0.05) is 74.4 Å². The molecule has 10 rings (SSSR count). The smallest absolute Gasteiger partial charge is 0.381 e. The van der Waals surface area contributed by atoms with E-state index >= 15 is 0 Å². The number of aromatic nitrogens is 10. The van der Waals surface area contributed by atoms with Crippen LogP contribution in [0.2, 0.25) is 0 Å². The molecular formula is C52H50N16O7. The van der Waals surface area contributed by atoms with E-state index in [4.69, 9.17) is 31.5 Å². The standard InChI is InChI=1S/C26H24N8O3.C21H20N8O.C5H6O3/c1-37-14-4-6-21(35)33-13-11-19(15-33)34-25-22(24(27)29-16-30-25)23(32-34)17-7-9-18(10-8-17)26(36)31-20-5-2-3-12-28-20;22-19-17-18(28-29(15-8-10-23-11-15)20(17)26-12-25-19)13-4-6-14(7-5-13)21(30)27-16-3-1-2-9-24-16;1-8-4-2-3-5(6)7/h2-3,5,7-10,12,16,19H,11,13-15H2,1H3,(H2,27,29,30)(H,28,31,36);1-7,9,12,15,23H,8,10-11H2,(H2,22,25,26)(H,24,27,30);4H2,1H3,(H,6,7)/t19-;15-;/m11./s1. The number of nitrogens with two attached hydrogens (primary N) is 2. The Balaban J connectivity index is 0.000000177. The van der Waals surface area contributed by atoms with E-state index in [0.29, 0.717) is 76.3 Å². The van der Waals surface area contributed by atoms with Crippen LogP contribution in [0, 0.1) is 23.7 Å². The van der Waals surface area contributed by atoms with Crippen LogP contribution in [0.25, 0.3) is 44.6 Å². The topological polar surface area (TPSA) is 311 Å². The lowest BCUT2D eigenvalue weighted by Gasteiger charge is -2.14. The summed E-state index contributed by atoms with van der Waals surface area (Å²) in [6, 6.07) is 25.1. The summed E-state index contributed by atoms with van der Waals surface area (Å²) in [4.78, 5) is 74.3. The predicted octanol–water partition coefficient (Wildman–Crippen LogP) is 4.12. The molecule has 8 heterocycles. The molecule has 2 fully saturated rings. The van der Waals surface area contributed by atoms with Crippen LogP contribution >= 0.6 is 0 Å². The van der Waals surface area contributed by atoms with Gasteiger partial charge in [0.15, 0.2) is 11.3 Å². The number of carboxylic acid groups (broad SMARTS) is 1. The van der Waals surface area contributed by atoms with Gasteiger partial charge in [-0.05, 0) is 73.8 Å². The molecule has 0 spiro atoms. The van der Waals surface area contributed by atoms with Crippen LogP contribution in [-0.4, -0.2) is 137 Å². The highest BCUT2D eigenvalue weighted by atomic mass is 16.5. The zero-order chi connectivity index (χ0) is 52.7. The van der Waals surface area contributed by atoms with Crippen molar-refractivity contribution >= 4 is 69.0 Å². The monoisotopic (exact) mass is 1010 g/mol. The molecule has 0 unspecified atom stereocenters. The van der Waals surface area contributed by atoms with E-state index in [9.17, 15) is 19.2 Å². The van der Waals surface area contributed by atoms with Gasteiger partial charge in [0.05, 0.1) is 22.9 Å². The number of methoxy groups -OCH3 is 2. The summed E-state index contributed by atoms with van der Waals surface area (Å²) < 4.78 is 13.1. The molecule has 23 heteroatoms. The van der Waals surface area contributed by atoms with Crippen molar-refractivity contribution in [3.63, 3.8) is 0 Å². The molecule has 8 aromatic rings. The second kappa shape index (κ2) is 24.6. The van der Waals surface area contributed by atoms with E-state index in [1.165, 1.54) is 26.9 Å². The number of hydrogen-bond acceptors (Lipinski definition) is 17. The van der Waals surface area contributed by atoms with Crippen molar-refractivity contribution in [1.29, 1.82) is 0 Å². The van der Waals surface area contributed by atoms with E-state index in [1.807, 2.05) is 40.9 Å². The van der Waals surface area contributed by atoms with Gasteiger partial charge in [-0.1, -0.05) is 48.2 Å². The maximum absolute atomic E-state index is 12.6. The van der Waals surface area contributed by atoms with Crippen molar-refractivity contribution in [2.24, 2.45) is 0 Å². The zero-order valence-electron chi connectivity index (χ0n) is 40.7. The molecule has 0 bridgehead atoms. The number of amides is 3. The third-order valence-corrected chi connectivity index (χ3v) is 11.7. The number of fused-ring (bicyclic) bond motifs is 2. The Kier molecular flexibility index (Phi) is 17.0. The highest BCUT2D eigenvalue weighted by Gasteiger charge is 2.31. The molecule has 8 N–H and O–H groups in total. The van der Waals surface area contributed by atoms with Gasteiger partial charge in [-0.15, -0.1) is 0 Å². The lowest BCUT2D eigenvalue weighted by molar-refractivity contribution is -0.130. The molecular weight excluding hydrogens is 961 g/mol. The summed E-state index contributed by atoms with van der Waals surface area (Å²) in [5.41, 5.74) is 17.7. The van der Waals surface area contributed by atoms with Gasteiger partial charge in [-0.25, -0.2) is 44.1 Å². The van der Waals surface area contributed by atoms with Crippen LogP contribution in [0.3, 0.4) is 0 Å². The summed E-state index contributed by atoms with van der Waals surface area (Å²) in [5, 5.41) is 27.8. The van der Waals surface area contributed by atoms with Gasteiger partial charge in [-0.3, -0.25) is 14.4 Å². The number of likely N-dealkylation sites (tertiary alicyclic amines) is 1. The number of nitrogen functional groups attached to an aromatic ring is 2. The molecule has 2 aliphatic rings. The molecule has 6 aromatic heterocycles. The van der Waals surface area contributed by atoms with Crippen molar-refractivity contribution in [2.45, 2.75) is 24.9 Å². The molecule has 2 aliphatic heterocycles.